The lowest BCUT2D eigenvalue weighted by Gasteiger charge is -2.45. The molecule has 1 aliphatic heterocycles. The third-order valence-corrected chi connectivity index (χ3v) is 7.76. The molecule has 2 aliphatic rings. The van der Waals surface area contributed by atoms with Crippen molar-refractivity contribution < 1.29 is 61.9 Å². The number of ether oxygens (including phenoxy) is 7. The molecule has 268 valence electrons. The van der Waals surface area contributed by atoms with E-state index in [1.165, 1.54) is 13.0 Å². The minimum Gasteiger partial charge on any atom is -0.463 e. The van der Waals surface area contributed by atoms with Crippen LogP contribution in [0.25, 0.3) is 11.1 Å². The molecule has 6 atom stereocenters. The molecule has 2 N–H and O–H groups in total. The van der Waals surface area contributed by atoms with Crippen molar-refractivity contribution in [2.75, 3.05) is 26.4 Å². The van der Waals surface area contributed by atoms with Gasteiger partial charge in [-0.05, 0) is 22.3 Å². The van der Waals surface area contributed by atoms with Crippen molar-refractivity contribution in [3.8, 4) is 11.1 Å². The second-order valence-corrected chi connectivity index (χ2v) is 11.5. The van der Waals surface area contributed by atoms with E-state index in [1.807, 2.05) is 48.5 Å². The average molecular weight is 697 g/mol. The lowest BCUT2D eigenvalue weighted by atomic mass is 9.96. The minimum absolute atomic E-state index is 0.0368. The van der Waals surface area contributed by atoms with Crippen molar-refractivity contribution in [2.24, 2.45) is 0 Å². The largest absolute Gasteiger partial charge is 0.463 e. The molecule has 1 aliphatic carbocycles. The van der Waals surface area contributed by atoms with Gasteiger partial charge in [0.2, 0.25) is 5.91 Å². The molecule has 3 unspecified atom stereocenters. The molecule has 0 bridgehead atoms. The zero-order valence-corrected chi connectivity index (χ0v) is 28.1. The van der Waals surface area contributed by atoms with Gasteiger partial charge in [0.15, 0.2) is 24.5 Å². The highest BCUT2D eigenvalue weighted by Gasteiger charge is 2.51. The first kappa shape index (κ1) is 37.5. The lowest BCUT2D eigenvalue weighted by molar-refractivity contribution is -0.278. The Morgan fingerprint density at radius 3 is 1.96 bits per heavy atom. The Labute approximate surface area is 288 Å². The summed E-state index contributed by atoms with van der Waals surface area (Å²) in [5, 5.41) is 5.03. The van der Waals surface area contributed by atoms with Crippen LogP contribution in [-0.2, 0) is 57.1 Å². The summed E-state index contributed by atoms with van der Waals surface area (Å²) in [6, 6.07) is 12.8. The molecule has 4 rings (SSSR count). The number of fused-ring (bicyclic) bond motifs is 3. The van der Waals surface area contributed by atoms with E-state index in [0.29, 0.717) is 0 Å². The normalized spacial score (nSPS) is 21.3. The summed E-state index contributed by atoms with van der Waals surface area (Å²) in [4.78, 5) is 74.3. The van der Waals surface area contributed by atoms with Crippen LogP contribution < -0.4 is 10.6 Å². The predicted octanol–water partition coefficient (Wildman–Crippen LogP) is 2.30. The molecular weight excluding hydrogens is 656 g/mol. The summed E-state index contributed by atoms with van der Waals surface area (Å²) in [6.45, 7) is 6.80. The zero-order chi connectivity index (χ0) is 36.4. The first-order valence-corrected chi connectivity index (χ1v) is 15.8. The van der Waals surface area contributed by atoms with Crippen molar-refractivity contribution in [3.05, 3.63) is 72.3 Å². The number of benzene rings is 2. The number of esters is 4. The predicted molar refractivity (Wildman–Crippen MR) is 173 cm³/mol. The Morgan fingerprint density at radius 1 is 0.800 bits per heavy atom. The Hall–Kier alpha value is -5.28. The van der Waals surface area contributed by atoms with Gasteiger partial charge in [-0.2, -0.15) is 0 Å². The molecule has 1 fully saturated rings. The van der Waals surface area contributed by atoms with Crippen LogP contribution in [0, 0.1) is 0 Å². The molecule has 0 spiro atoms. The van der Waals surface area contributed by atoms with Crippen LogP contribution in [0.5, 0.6) is 0 Å². The van der Waals surface area contributed by atoms with Crippen molar-refractivity contribution in [3.63, 3.8) is 0 Å². The molecule has 15 heteroatoms. The Morgan fingerprint density at radius 2 is 1.40 bits per heavy atom. The Balaban J connectivity index is 1.53. The van der Waals surface area contributed by atoms with Gasteiger partial charge < -0.3 is 43.8 Å². The van der Waals surface area contributed by atoms with Crippen molar-refractivity contribution in [2.45, 2.75) is 70.3 Å². The lowest BCUT2D eigenvalue weighted by Crippen LogP contribution is -2.67. The quantitative estimate of drug-likeness (QED) is 0.166. The standard InChI is InChI=1S/C35H40N2O13/c1-6-15-44-33(42)28(37-35(43)47-16-27-25-13-9-7-11-23(25)24-12-8-10-14-26(24)27)17-46-34-30(36-19(2)38)32(49-22(5)41)31(48-21(4)40)29(50-34)18-45-20(3)39/h6-14,27-32,34H,1,15-18H2,2-5H3,(H,36,38)(H,37,43)/t28?,29?,30-,31-,32?,34+/m0/s1. The summed E-state index contributed by atoms with van der Waals surface area (Å²) in [5.41, 5.74) is 4.05. The SMILES string of the molecule is C=CCOC(=O)C(CO[C@@H]1OC(COC(C)=O)[C@H](OC(C)=O)C(OC(C)=O)[C@@H]1NC(C)=O)NC(=O)OCC1c2ccccc2-c2ccccc21. The van der Waals surface area contributed by atoms with E-state index < -0.39 is 85.8 Å². The molecule has 15 nitrogen and oxygen atoms in total. The van der Waals surface area contributed by atoms with Crippen molar-refractivity contribution in [1.29, 1.82) is 0 Å². The minimum atomic E-state index is -1.49. The monoisotopic (exact) mass is 696 g/mol. The number of rotatable bonds is 14. The van der Waals surface area contributed by atoms with E-state index in [9.17, 15) is 28.8 Å². The molecule has 0 radical (unpaired) electrons. The number of carbonyl (C=O) groups is 6. The average Bonchev–Trinajstić information content (AvgIpc) is 3.38. The van der Waals surface area contributed by atoms with Gasteiger partial charge in [0.1, 0.15) is 32.0 Å². The van der Waals surface area contributed by atoms with E-state index in [2.05, 4.69) is 17.2 Å². The topological polar surface area (TPSA) is 191 Å². The third-order valence-electron chi connectivity index (χ3n) is 7.76. The second kappa shape index (κ2) is 17.4. The molecule has 0 saturated carbocycles. The van der Waals surface area contributed by atoms with Gasteiger partial charge >= 0.3 is 30.0 Å². The molecular formula is C35H40N2O13. The molecule has 2 amide bonds. The molecule has 2 aromatic carbocycles. The summed E-state index contributed by atoms with van der Waals surface area (Å²) in [6.07, 6.45) is -5.09. The maximum absolute atomic E-state index is 13.1. The smallest absolute Gasteiger partial charge is 0.407 e. The van der Waals surface area contributed by atoms with Crippen LogP contribution in [0.15, 0.2) is 61.2 Å². The van der Waals surface area contributed by atoms with Gasteiger partial charge in [-0.15, -0.1) is 0 Å². The van der Waals surface area contributed by atoms with Crippen molar-refractivity contribution in [1.82, 2.24) is 10.6 Å². The van der Waals surface area contributed by atoms with Gasteiger partial charge in [-0.25, -0.2) is 9.59 Å². The number of hydrogen-bond acceptors (Lipinski definition) is 13. The number of amides is 2. The van der Waals surface area contributed by atoms with Crippen LogP contribution >= 0.6 is 0 Å². The third kappa shape index (κ3) is 9.66. The van der Waals surface area contributed by atoms with E-state index in [4.69, 9.17) is 33.2 Å². The number of carbonyl (C=O) groups excluding carboxylic acids is 6. The van der Waals surface area contributed by atoms with Crippen LogP contribution in [0.3, 0.4) is 0 Å². The number of hydrogen-bond donors (Lipinski definition) is 2. The fourth-order valence-corrected chi connectivity index (χ4v) is 5.82. The maximum Gasteiger partial charge on any atom is 0.407 e. The number of alkyl carbamates (subject to hydrolysis) is 1. The molecule has 1 heterocycles. The van der Waals surface area contributed by atoms with Crippen LogP contribution in [0.2, 0.25) is 0 Å². The summed E-state index contributed by atoms with van der Waals surface area (Å²) in [7, 11) is 0. The Bertz CT molecular complexity index is 1550. The van der Waals surface area contributed by atoms with Crippen molar-refractivity contribution >= 4 is 35.9 Å². The molecule has 2 aromatic rings. The second-order valence-electron chi connectivity index (χ2n) is 11.5. The van der Waals surface area contributed by atoms with Gasteiger partial charge in [0.25, 0.3) is 0 Å². The van der Waals surface area contributed by atoms with Gasteiger partial charge in [0.05, 0.1) is 6.61 Å². The van der Waals surface area contributed by atoms with Crippen LogP contribution in [0.1, 0.15) is 44.7 Å². The zero-order valence-electron chi connectivity index (χ0n) is 28.1. The Kier molecular flexibility index (Phi) is 13.1. The fraction of sp³-hybridized carbons (Fsp3) is 0.429. The van der Waals surface area contributed by atoms with Crippen LogP contribution in [0.4, 0.5) is 4.79 Å². The highest BCUT2D eigenvalue weighted by atomic mass is 16.7. The van der Waals surface area contributed by atoms with Gasteiger partial charge in [-0.3, -0.25) is 19.2 Å². The summed E-state index contributed by atoms with van der Waals surface area (Å²) < 4.78 is 38.6. The van der Waals surface area contributed by atoms with E-state index in [1.54, 1.807) is 0 Å². The molecule has 1 saturated heterocycles. The van der Waals surface area contributed by atoms with E-state index >= 15 is 0 Å². The highest BCUT2D eigenvalue weighted by Crippen LogP contribution is 2.44. The molecule has 50 heavy (non-hydrogen) atoms. The van der Waals surface area contributed by atoms with E-state index in [-0.39, 0.29) is 19.1 Å². The van der Waals surface area contributed by atoms with Gasteiger partial charge in [0, 0.05) is 33.6 Å². The maximum atomic E-state index is 13.1. The summed E-state index contributed by atoms with van der Waals surface area (Å²) in [5.74, 6) is -4.00. The first-order valence-electron chi connectivity index (χ1n) is 15.8. The fourth-order valence-electron chi connectivity index (χ4n) is 5.82. The summed E-state index contributed by atoms with van der Waals surface area (Å²) >= 11 is 0. The first-order chi connectivity index (χ1) is 23.9. The van der Waals surface area contributed by atoms with Crippen LogP contribution in [-0.4, -0.2) is 99.0 Å². The van der Waals surface area contributed by atoms with Gasteiger partial charge in [-0.1, -0.05) is 61.2 Å². The highest BCUT2D eigenvalue weighted by molar-refractivity contribution is 5.82. The molecule has 0 aromatic heterocycles. The van der Waals surface area contributed by atoms with E-state index in [0.717, 1.165) is 43.0 Å². The number of nitrogens with one attached hydrogen (secondary N) is 2.